The lowest BCUT2D eigenvalue weighted by Crippen LogP contribution is -2.28. The molecule has 0 amide bonds. The summed E-state index contributed by atoms with van der Waals surface area (Å²) in [5.41, 5.74) is 0. The van der Waals surface area contributed by atoms with Gasteiger partial charge >= 0.3 is 11.9 Å². The molecule has 5 atom stereocenters. The minimum absolute atomic E-state index is 0.000713. The van der Waals surface area contributed by atoms with Crippen LogP contribution in [0.25, 0.3) is 0 Å². The van der Waals surface area contributed by atoms with Crippen molar-refractivity contribution >= 4 is 17.7 Å². The molecule has 1 aliphatic rings. The molecule has 3 N–H and O–H groups in total. The van der Waals surface area contributed by atoms with Gasteiger partial charge in [-0.2, -0.15) is 0 Å². The first-order valence-corrected chi connectivity index (χ1v) is 17.4. The van der Waals surface area contributed by atoms with Crippen LogP contribution >= 0.6 is 0 Å². The van der Waals surface area contributed by atoms with Crippen molar-refractivity contribution in [2.75, 3.05) is 13.2 Å². The van der Waals surface area contributed by atoms with E-state index in [9.17, 15) is 29.7 Å². The quantitative estimate of drug-likeness (QED) is 0.0547. The van der Waals surface area contributed by atoms with Crippen molar-refractivity contribution in [2.45, 2.75) is 155 Å². The van der Waals surface area contributed by atoms with Crippen LogP contribution in [0.3, 0.4) is 0 Å². The van der Waals surface area contributed by atoms with E-state index in [1.165, 1.54) is 32.1 Å². The van der Waals surface area contributed by atoms with E-state index in [4.69, 9.17) is 9.47 Å². The molecule has 1 fully saturated rings. The fourth-order valence-electron chi connectivity index (χ4n) is 5.54. The Hall–Kier alpha value is -2.03. The molecule has 0 saturated heterocycles. The molecule has 8 nitrogen and oxygen atoms in total. The maximum absolute atomic E-state index is 12.4. The minimum Gasteiger partial charge on any atom is -0.462 e. The van der Waals surface area contributed by atoms with Crippen LogP contribution in [0, 0.1) is 17.8 Å². The number of carbonyl (C=O) groups excluding carboxylic acids is 3. The Morgan fingerprint density at radius 2 is 1.57 bits per heavy atom. The molecule has 1 aliphatic carbocycles. The van der Waals surface area contributed by atoms with Gasteiger partial charge in [-0.3, -0.25) is 14.4 Å². The SMILES string of the molecule is CCCCC[C@H](O)/C=C/[C@H]1C(=O)C[C@H](O)[C@@H]1C/C=C\CCCC(=O)OC[C@H](CO)OC(=O)CCCCCCCCCC(C)C. The second-order valence-electron chi connectivity index (χ2n) is 12.9. The first-order valence-electron chi connectivity index (χ1n) is 17.4. The van der Waals surface area contributed by atoms with Crippen molar-refractivity contribution in [1.82, 2.24) is 0 Å². The van der Waals surface area contributed by atoms with E-state index in [-0.39, 0.29) is 37.1 Å². The highest BCUT2D eigenvalue weighted by Crippen LogP contribution is 2.33. The monoisotopic (exact) mass is 622 g/mol. The van der Waals surface area contributed by atoms with E-state index < -0.39 is 36.8 Å². The van der Waals surface area contributed by atoms with E-state index in [1.54, 1.807) is 12.2 Å². The van der Waals surface area contributed by atoms with Crippen LogP contribution in [0.1, 0.15) is 136 Å². The second-order valence-corrected chi connectivity index (χ2v) is 12.9. The summed E-state index contributed by atoms with van der Waals surface area (Å²) in [7, 11) is 0. The minimum atomic E-state index is -0.854. The molecular formula is C36H62O8. The molecule has 0 aromatic rings. The summed E-state index contributed by atoms with van der Waals surface area (Å²) in [6.45, 7) is 6.05. The summed E-state index contributed by atoms with van der Waals surface area (Å²) < 4.78 is 10.5. The van der Waals surface area contributed by atoms with Crippen LogP contribution in [0.2, 0.25) is 0 Å². The third-order valence-corrected chi connectivity index (χ3v) is 8.30. The van der Waals surface area contributed by atoms with Crippen LogP contribution in [0.4, 0.5) is 0 Å². The van der Waals surface area contributed by atoms with Crippen molar-refractivity contribution in [3.8, 4) is 0 Å². The number of hydrogen-bond acceptors (Lipinski definition) is 8. The van der Waals surface area contributed by atoms with E-state index >= 15 is 0 Å². The van der Waals surface area contributed by atoms with Gasteiger partial charge in [-0.1, -0.05) is 109 Å². The Morgan fingerprint density at radius 3 is 2.25 bits per heavy atom. The van der Waals surface area contributed by atoms with Gasteiger partial charge in [-0.25, -0.2) is 0 Å². The Bertz CT molecular complexity index is 836. The van der Waals surface area contributed by atoms with Crippen LogP contribution in [-0.4, -0.2) is 64.6 Å². The van der Waals surface area contributed by atoms with Crippen molar-refractivity contribution in [3.63, 3.8) is 0 Å². The van der Waals surface area contributed by atoms with E-state index in [2.05, 4.69) is 20.8 Å². The Balaban J connectivity index is 2.21. The topological polar surface area (TPSA) is 130 Å². The summed E-state index contributed by atoms with van der Waals surface area (Å²) in [5, 5.41) is 30.0. The van der Waals surface area contributed by atoms with Gasteiger partial charge in [0.25, 0.3) is 0 Å². The summed E-state index contributed by atoms with van der Waals surface area (Å²) >= 11 is 0. The number of ether oxygens (including phenoxy) is 2. The second kappa shape index (κ2) is 25.2. The average Bonchev–Trinajstić information content (AvgIpc) is 3.26. The van der Waals surface area contributed by atoms with Gasteiger partial charge in [0.1, 0.15) is 12.4 Å². The average molecular weight is 623 g/mol. The van der Waals surface area contributed by atoms with Crippen molar-refractivity contribution in [2.24, 2.45) is 17.8 Å². The molecule has 44 heavy (non-hydrogen) atoms. The van der Waals surface area contributed by atoms with Crippen molar-refractivity contribution < 1.29 is 39.2 Å². The number of unbranched alkanes of at least 4 members (excludes halogenated alkanes) is 9. The van der Waals surface area contributed by atoms with Crippen LogP contribution < -0.4 is 0 Å². The van der Waals surface area contributed by atoms with Gasteiger partial charge in [0.15, 0.2) is 6.10 Å². The lowest BCUT2D eigenvalue weighted by Gasteiger charge is -2.17. The van der Waals surface area contributed by atoms with Crippen LogP contribution in [0.15, 0.2) is 24.3 Å². The standard InChI is InChI=1S/C36H62O8/c1-4-5-13-19-29(38)23-24-32-31(33(39)25-34(32)40)20-15-11-12-16-21-35(41)43-27-30(26-37)44-36(42)22-17-10-8-6-7-9-14-18-28(2)3/h11,15,23-24,28-33,37-39H,4-10,12-14,16-22,25-27H2,1-3H3/b15-11-,24-23+/t29-,30-,31+,32+,33-/m0/s1. The normalized spacial score (nSPS) is 20.2. The van der Waals surface area contributed by atoms with Gasteiger partial charge in [0.2, 0.25) is 0 Å². The largest absolute Gasteiger partial charge is 0.462 e. The maximum atomic E-state index is 12.4. The van der Waals surface area contributed by atoms with Crippen LogP contribution in [0.5, 0.6) is 0 Å². The van der Waals surface area contributed by atoms with E-state index in [0.29, 0.717) is 32.1 Å². The van der Waals surface area contributed by atoms with Crippen molar-refractivity contribution in [1.29, 1.82) is 0 Å². The number of esters is 2. The Kier molecular flexibility index (Phi) is 22.9. The predicted octanol–water partition coefficient (Wildman–Crippen LogP) is 6.78. The molecule has 0 aliphatic heterocycles. The molecule has 0 bridgehead atoms. The van der Waals surface area contributed by atoms with Gasteiger partial charge < -0.3 is 24.8 Å². The van der Waals surface area contributed by atoms with Gasteiger partial charge in [-0.15, -0.1) is 0 Å². The summed E-state index contributed by atoms with van der Waals surface area (Å²) in [4.78, 5) is 36.6. The summed E-state index contributed by atoms with van der Waals surface area (Å²) in [6.07, 6.45) is 20.5. The number of aliphatic hydroxyl groups is 3. The lowest BCUT2D eigenvalue weighted by molar-refractivity contribution is -0.161. The van der Waals surface area contributed by atoms with Crippen molar-refractivity contribution in [3.05, 3.63) is 24.3 Å². The molecule has 0 aromatic carbocycles. The molecular weight excluding hydrogens is 560 g/mol. The number of aliphatic hydroxyl groups excluding tert-OH is 3. The number of Topliss-reactive ketones (excluding diaryl/α,β-unsaturated/α-hetero) is 1. The third-order valence-electron chi connectivity index (χ3n) is 8.30. The number of carbonyl (C=O) groups is 3. The Morgan fingerprint density at radius 1 is 0.909 bits per heavy atom. The van der Waals surface area contributed by atoms with E-state index in [0.717, 1.165) is 44.4 Å². The number of hydrogen-bond donors (Lipinski definition) is 3. The molecule has 0 heterocycles. The lowest BCUT2D eigenvalue weighted by atomic mass is 9.90. The number of allylic oxidation sites excluding steroid dienone is 3. The number of rotatable bonds is 26. The molecule has 0 unspecified atom stereocenters. The molecule has 1 rings (SSSR count). The Labute approximate surface area is 266 Å². The number of ketones is 1. The summed E-state index contributed by atoms with van der Waals surface area (Å²) in [6, 6.07) is 0. The molecule has 0 aromatic heterocycles. The first kappa shape index (κ1) is 40.0. The molecule has 0 radical (unpaired) electrons. The van der Waals surface area contributed by atoms with Gasteiger partial charge in [0, 0.05) is 31.1 Å². The predicted molar refractivity (Wildman–Crippen MR) is 174 cm³/mol. The maximum Gasteiger partial charge on any atom is 0.306 e. The smallest absolute Gasteiger partial charge is 0.306 e. The highest BCUT2D eigenvalue weighted by atomic mass is 16.6. The van der Waals surface area contributed by atoms with Crippen LogP contribution in [-0.2, 0) is 23.9 Å². The van der Waals surface area contributed by atoms with Gasteiger partial charge in [-0.05, 0) is 38.0 Å². The molecule has 254 valence electrons. The highest BCUT2D eigenvalue weighted by Gasteiger charge is 2.39. The fraction of sp³-hybridized carbons (Fsp3) is 0.806. The van der Waals surface area contributed by atoms with Gasteiger partial charge in [0.05, 0.1) is 18.8 Å². The fourth-order valence-corrected chi connectivity index (χ4v) is 5.54. The zero-order chi connectivity index (χ0) is 32.6. The summed E-state index contributed by atoms with van der Waals surface area (Å²) in [5.74, 6) is -0.638. The molecule has 1 saturated carbocycles. The highest BCUT2D eigenvalue weighted by molar-refractivity contribution is 5.86. The zero-order valence-electron chi connectivity index (χ0n) is 27.8. The molecule has 0 spiro atoms. The molecule has 8 heteroatoms. The zero-order valence-corrected chi connectivity index (χ0v) is 27.8. The third kappa shape index (κ3) is 19.4. The first-order chi connectivity index (χ1) is 21.2. The van der Waals surface area contributed by atoms with E-state index in [1.807, 2.05) is 12.2 Å².